The summed E-state index contributed by atoms with van der Waals surface area (Å²) in [6, 6.07) is 17.2. The largest absolute Gasteiger partial charge is 0.493 e. The molecule has 0 radical (unpaired) electrons. The van der Waals surface area contributed by atoms with Gasteiger partial charge < -0.3 is 15.0 Å². The Balaban J connectivity index is 1.27. The fourth-order valence-electron chi connectivity index (χ4n) is 3.81. The zero-order chi connectivity index (χ0) is 19.3. The normalized spacial score (nSPS) is 19.4. The molecule has 2 amide bonds. The number of carbonyl (C=O) groups excluding carboxylic acids is 2. The van der Waals surface area contributed by atoms with Crippen LogP contribution in [0.25, 0.3) is 0 Å². The van der Waals surface area contributed by atoms with Crippen LogP contribution in [0.3, 0.4) is 0 Å². The molecule has 0 saturated carbocycles. The number of carbonyl (C=O) groups is 2. The first-order chi connectivity index (χ1) is 13.7. The summed E-state index contributed by atoms with van der Waals surface area (Å²) in [5, 5.41) is 3.14. The van der Waals surface area contributed by atoms with Gasteiger partial charge in [0.2, 0.25) is 5.91 Å². The van der Waals surface area contributed by atoms with Gasteiger partial charge >= 0.3 is 0 Å². The zero-order valence-corrected chi connectivity index (χ0v) is 15.8. The van der Waals surface area contributed by atoms with Crippen molar-refractivity contribution in [2.75, 3.05) is 39.3 Å². The van der Waals surface area contributed by atoms with Crippen LogP contribution in [-0.4, -0.2) is 60.9 Å². The number of fused-ring (bicyclic) bond motifs is 1. The number of para-hydroxylation sites is 1. The number of rotatable bonds is 4. The molecule has 4 rings (SSSR count). The molecular formula is C22H25N3O3. The fourth-order valence-corrected chi connectivity index (χ4v) is 3.81. The maximum Gasteiger partial charge on any atom is 0.253 e. The molecule has 2 heterocycles. The van der Waals surface area contributed by atoms with Crippen molar-refractivity contribution >= 4 is 11.8 Å². The van der Waals surface area contributed by atoms with Crippen molar-refractivity contribution in [3.63, 3.8) is 0 Å². The van der Waals surface area contributed by atoms with Gasteiger partial charge in [0, 0.05) is 43.7 Å². The van der Waals surface area contributed by atoms with E-state index in [9.17, 15) is 9.59 Å². The lowest BCUT2D eigenvalue weighted by Crippen LogP contribution is -2.51. The molecule has 6 nitrogen and oxygen atoms in total. The zero-order valence-electron chi connectivity index (χ0n) is 15.8. The summed E-state index contributed by atoms with van der Waals surface area (Å²) in [6.07, 6.45) is 0.780. The second-order valence-corrected chi connectivity index (χ2v) is 7.23. The van der Waals surface area contributed by atoms with Crippen LogP contribution in [0, 0.1) is 0 Å². The summed E-state index contributed by atoms with van der Waals surface area (Å²) in [6.45, 7) is 3.66. The van der Waals surface area contributed by atoms with Crippen LogP contribution in [0.5, 0.6) is 5.75 Å². The van der Waals surface area contributed by atoms with Gasteiger partial charge in [-0.1, -0.05) is 36.4 Å². The average molecular weight is 379 g/mol. The minimum atomic E-state index is -0.00148. The Morgan fingerprint density at radius 2 is 1.68 bits per heavy atom. The average Bonchev–Trinajstić information content (AvgIpc) is 2.75. The van der Waals surface area contributed by atoms with Crippen molar-refractivity contribution in [2.45, 2.75) is 12.5 Å². The highest BCUT2D eigenvalue weighted by molar-refractivity contribution is 5.94. The van der Waals surface area contributed by atoms with Gasteiger partial charge in [0.15, 0.2) is 0 Å². The molecule has 2 aliphatic heterocycles. The van der Waals surface area contributed by atoms with Crippen LogP contribution in [0.15, 0.2) is 54.6 Å². The third kappa shape index (κ3) is 4.17. The van der Waals surface area contributed by atoms with Gasteiger partial charge in [0.1, 0.15) is 5.75 Å². The van der Waals surface area contributed by atoms with Crippen LogP contribution in [-0.2, 0) is 4.79 Å². The third-order valence-electron chi connectivity index (χ3n) is 5.34. The number of ether oxygens (including phenoxy) is 1. The number of amides is 2. The predicted octanol–water partition coefficient (Wildman–Crippen LogP) is 2.08. The van der Waals surface area contributed by atoms with Gasteiger partial charge in [-0.3, -0.25) is 14.5 Å². The van der Waals surface area contributed by atoms with Crippen molar-refractivity contribution in [1.82, 2.24) is 15.1 Å². The SMILES string of the molecule is O=C(CN1CCN(C(=O)c2ccccc2)CC1)NC1CCOc2ccccc21. The second kappa shape index (κ2) is 8.44. The Kier molecular flexibility index (Phi) is 5.58. The summed E-state index contributed by atoms with van der Waals surface area (Å²) in [5.41, 5.74) is 1.76. The summed E-state index contributed by atoms with van der Waals surface area (Å²) in [7, 11) is 0. The number of piperazine rings is 1. The van der Waals surface area contributed by atoms with E-state index in [0.717, 1.165) is 17.7 Å². The lowest BCUT2D eigenvalue weighted by Gasteiger charge is -2.35. The molecule has 1 unspecified atom stereocenters. The Hall–Kier alpha value is -2.86. The maximum atomic E-state index is 12.6. The monoisotopic (exact) mass is 379 g/mol. The minimum Gasteiger partial charge on any atom is -0.493 e. The molecule has 0 bridgehead atoms. The van der Waals surface area contributed by atoms with E-state index in [1.54, 1.807) is 0 Å². The van der Waals surface area contributed by atoms with E-state index in [4.69, 9.17) is 4.74 Å². The summed E-state index contributed by atoms with van der Waals surface area (Å²) in [4.78, 5) is 29.0. The highest BCUT2D eigenvalue weighted by atomic mass is 16.5. The molecule has 2 aromatic rings. The first kappa shape index (κ1) is 18.5. The van der Waals surface area contributed by atoms with E-state index in [1.807, 2.05) is 59.5 Å². The number of benzene rings is 2. The molecule has 0 aliphatic carbocycles. The second-order valence-electron chi connectivity index (χ2n) is 7.23. The van der Waals surface area contributed by atoms with Gasteiger partial charge in [-0.05, 0) is 18.2 Å². The Morgan fingerprint density at radius 3 is 2.46 bits per heavy atom. The Morgan fingerprint density at radius 1 is 0.964 bits per heavy atom. The lowest BCUT2D eigenvalue weighted by molar-refractivity contribution is -0.123. The van der Waals surface area contributed by atoms with E-state index in [0.29, 0.717) is 44.9 Å². The van der Waals surface area contributed by atoms with Gasteiger partial charge in [0.25, 0.3) is 5.91 Å². The van der Waals surface area contributed by atoms with E-state index in [-0.39, 0.29) is 17.9 Å². The molecule has 0 aromatic heterocycles. The van der Waals surface area contributed by atoms with Crippen LogP contribution in [0.2, 0.25) is 0 Å². The van der Waals surface area contributed by atoms with Crippen molar-refractivity contribution in [3.05, 3.63) is 65.7 Å². The van der Waals surface area contributed by atoms with Crippen LogP contribution in [0.1, 0.15) is 28.4 Å². The first-order valence-corrected chi connectivity index (χ1v) is 9.78. The lowest BCUT2D eigenvalue weighted by atomic mass is 10.0. The van der Waals surface area contributed by atoms with Crippen LogP contribution >= 0.6 is 0 Å². The number of hydrogen-bond acceptors (Lipinski definition) is 4. The Labute approximate surface area is 165 Å². The molecule has 1 saturated heterocycles. The molecule has 2 aliphatic rings. The molecule has 0 spiro atoms. The summed E-state index contributed by atoms with van der Waals surface area (Å²) < 4.78 is 5.66. The van der Waals surface area contributed by atoms with Gasteiger partial charge in [-0.15, -0.1) is 0 Å². The topological polar surface area (TPSA) is 61.9 Å². The molecular weight excluding hydrogens is 354 g/mol. The molecule has 2 aromatic carbocycles. The molecule has 1 atom stereocenters. The molecule has 1 N–H and O–H groups in total. The standard InChI is InChI=1S/C22H25N3O3/c26-21(23-19-10-15-28-20-9-5-4-8-18(19)20)16-24-11-13-25(14-12-24)22(27)17-6-2-1-3-7-17/h1-9,19H,10-16H2,(H,23,26). The van der Waals surface area contributed by atoms with E-state index >= 15 is 0 Å². The third-order valence-corrected chi connectivity index (χ3v) is 5.34. The molecule has 6 heteroatoms. The first-order valence-electron chi connectivity index (χ1n) is 9.78. The van der Waals surface area contributed by atoms with Crippen LogP contribution < -0.4 is 10.1 Å². The number of hydrogen-bond donors (Lipinski definition) is 1. The Bertz CT molecular complexity index is 832. The van der Waals surface area contributed by atoms with Gasteiger partial charge in [-0.2, -0.15) is 0 Å². The van der Waals surface area contributed by atoms with Crippen molar-refractivity contribution in [2.24, 2.45) is 0 Å². The summed E-state index contributed by atoms with van der Waals surface area (Å²) >= 11 is 0. The highest BCUT2D eigenvalue weighted by Crippen LogP contribution is 2.31. The van der Waals surface area contributed by atoms with E-state index in [1.165, 1.54) is 0 Å². The molecule has 146 valence electrons. The highest BCUT2D eigenvalue weighted by Gasteiger charge is 2.26. The van der Waals surface area contributed by atoms with E-state index < -0.39 is 0 Å². The van der Waals surface area contributed by atoms with E-state index in [2.05, 4.69) is 10.2 Å². The van der Waals surface area contributed by atoms with Gasteiger partial charge in [0.05, 0.1) is 19.2 Å². The van der Waals surface area contributed by atoms with Crippen molar-refractivity contribution in [3.8, 4) is 5.75 Å². The van der Waals surface area contributed by atoms with Crippen molar-refractivity contribution < 1.29 is 14.3 Å². The quantitative estimate of drug-likeness (QED) is 0.884. The predicted molar refractivity (Wildman–Crippen MR) is 106 cm³/mol. The smallest absolute Gasteiger partial charge is 0.253 e. The maximum absolute atomic E-state index is 12.6. The summed E-state index contributed by atoms with van der Waals surface area (Å²) in [5.74, 6) is 0.931. The number of nitrogens with one attached hydrogen (secondary N) is 1. The van der Waals surface area contributed by atoms with Gasteiger partial charge in [-0.25, -0.2) is 0 Å². The van der Waals surface area contributed by atoms with Crippen LogP contribution in [0.4, 0.5) is 0 Å². The molecule has 1 fully saturated rings. The molecule has 28 heavy (non-hydrogen) atoms. The number of nitrogens with zero attached hydrogens (tertiary/aromatic N) is 2. The minimum absolute atomic E-state index is 0.00148. The van der Waals surface area contributed by atoms with Crippen molar-refractivity contribution in [1.29, 1.82) is 0 Å². The fraction of sp³-hybridized carbons (Fsp3) is 0.364.